The average molecular weight is 490 g/mol. The Balaban J connectivity index is 1.47. The van der Waals surface area contributed by atoms with E-state index in [2.05, 4.69) is 15.5 Å². The molecule has 8 nitrogen and oxygen atoms in total. The number of hydrogen-bond donors (Lipinski definition) is 1. The molecule has 0 saturated carbocycles. The van der Waals surface area contributed by atoms with Gasteiger partial charge in [0.1, 0.15) is 11.4 Å². The van der Waals surface area contributed by atoms with Crippen LogP contribution in [0.5, 0.6) is 0 Å². The van der Waals surface area contributed by atoms with E-state index in [9.17, 15) is 22.4 Å². The molecule has 1 aromatic heterocycles. The van der Waals surface area contributed by atoms with Gasteiger partial charge in [0.05, 0.1) is 42.2 Å². The second-order valence-corrected chi connectivity index (χ2v) is 8.87. The number of aromatic nitrogens is 2. The number of hydrogen-bond acceptors (Lipinski definition) is 6. The molecule has 12 heteroatoms. The molecular formula is C23H22F4N6O2. The number of halogens is 4. The van der Waals surface area contributed by atoms with Gasteiger partial charge in [-0.2, -0.15) is 23.4 Å². The number of carbonyl (C=O) groups excluding carboxylic acids is 1. The summed E-state index contributed by atoms with van der Waals surface area (Å²) in [7, 11) is 1.75. The molecule has 1 N–H and O–H groups in total. The van der Waals surface area contributed by atoms with Crippen LogP contribution >= 0.6 is 0 Å². The molecular weight excluding hydrogens is 468 g/mol. The Labute approximate surface area is 198 Å². The highest BCUT2D eigenvalue weighted by Crippen LogP contribution is 2.35. The van der Waals surface area contributed by atoms with Gasteiger partial charge in [-0.1, -0.05) is 12.1 Å². The van der Waals surface area contributed by atoms with E-state index in [-0.39, 0.29) is 11.1 Å². The lowest BCUT2D eigenvalue weighted by molar-refractivity contribution is -0.140. The molecule has 4 heterocycles. The van der Waals surface area contributed by atoms with Crippen molar-refractivity contribution in [3.05, 3.63) is 64.7 Å². The summed E-state index contributed by atoms with van der Waals surface area (Å²) in [5.74, 6) is -1.67. The second kappa shape index (κ2) is 8.29. The van der Waals surface area contributed by atoms with Gasteiger partial charge in [-0.3, -0.25) is 14.5 Å². The molecule has 0 aliphatic carbocycles. The van der Waals surface area contributed by atoms with Crippen LogP contribution in [0.1, 0.15) is 36.1 Å². The van der Waals surface area contributed by atoms with E-state index in [1.54, 1.807) is 35.2 Å². The molecule has 3 aliphatic heterocycles. The molecule has 2 atom stereocenters. The molecule has 5 rings (SSSR count). The van der Waals surface area contributed by atoms with Crippen LogP contribution < -0.4 is 5.32 Å². The highest BCUT2D eigenvalue weighted by atomic mass is 19.4. The van der Waals surface area contributed by atoms with Crippen molar-refractivity contribution in [2.24, 2.45) is 17.1 Å². The first-order valence-electron chi connectivity index (χ1n) is 11.0. The standard InChI is InChI=1S/C23H22F4N6O2/c1-13(15-4-3-5-17(19(15)24)23(25,26)27)29-21(34)16-8-18(14-9-28-32(2)10-14)31-33-11-22(30-20(16)33)6-7-35-12-22/h3-5,8-10,13H,6-7,11-12H2,1-2H3,(H,29,34)/t13-,22?/m1/s1. The van der Waals surface area contributed by atoms with Crippen molar-refractivity contribution in [1.29, 1.82) is 0 Å². The molecule has 1 unspecified atom stereocenters. The van der Waals surface area contributed by atoms with E-state index in [1.165, 1.54) is 13.0 Å². The number of allylic oxidation sites excluding steroid dienone is 1. The number of nitrogens with one attached hydrogen (secondary N) is 1. The number of amidine groups is 1. The second-order valence-electron chi connectivity index (χ2n) is 8.87. The van der Waals surface area contributed by atoms with E-state index in [1.807, 2.05) is 0 Å². The number of fused-ring (bicyclic) bond motifs is 1. The summed E-state index contributed by atoms with van der Waals surface area (Å²) in [6.07, 6.45) is 0.745. The molecule has 184 valence electrons. The van der Waals surface area contributed by atoms with Crippen LogP contribution in [-0.4, -0.2) is 57.5 Å². The normalized spacial score (nSPS) is 22.6. The third kappa shape index (κ3) is 4.22. The molecule has 0 radical (unpaired) electrons. The molecule has 1 spiro atoms. The van der Waals surface area contributed by atoms with Crippen LogP contribution in [-0.2, 0) is 22.8 Å². The maximum Gasteiger partial charge on any atom is 0.419 e. The molecule has 0 bridgehead atoms. The minimum Gasteiger partial charge on any atom is -0.379 e. The highest BCUT2D eigenvalue weighted by molar-refractivity contribution is 6.28. The van der Waals surface area contributed by atoms with E-state index in [0.717, 1.165) is 6.07 Å². The Bertz CT molecular complexity index is 1270. The average Bonchev–Trinajstić information content (AvgIpc) is 3.52. The predicted octanol–water partition coefficient (Wildman–Crippen LogP) is 2.97. The summed E-state index contributed by atoms with van der Waals surface area (Å²) in [6, 6.07) is 1.97. The zero-order valence-electron chi connectivity index (χ0n) is 18.9. The molecule has 35 heavy (non-hydrogen) atoms. The van der Waals surface area contributed by atoms with E-state index < -0.39 is 35.0 Å². The van der Waals surface area contributed by atoms with E-state index >= 15 is 0 Å². The van der Waals surface area contributed by atoms with Crippen molar-refractivity contribution in [3.8, 4) is 0 Å². The van der Waals surface area contributed by atoms with Gasteiger partial charge in [0.15, 0.2) is 5.84 Å². The van der Waals surface area contributed by atoms with Crippen molar-refractivity contribution < 1.29 is 27.1 Å². The van der Waals surface area contributed by atoms with Crippen LogP contribution in [0.15, 0.2) is 52.3 Å². The fourth-order valence-electron chi connectivity index (χ4n) is 4.44. The number of nitrogens with zero attached hydrogens (tertiary/aromatic N) is 5. The van der Waals surface area contributed by atoms with Gasteiger partial charge in [0.2, 0.25) is 0 Å². The first-order chi connectivity index (χ1) is 16.6. The SMILES string of the molecule is C[C@@H](NC(=O)C1=CC(c2cnn(C)c2)=NN2CC3(CCOC3)N=C12)c1cccc(C(F)(F)F)c1F. The minimum absolute atomic E-state index is 0.182. The Morgan fingerprint density at radius 1 is 1.31 bits per heavy atom. The molecule has 1 saturated heterocycles. The Hall–Kier alpha value is -3.54. The van der Waals surface area contributed by atoms with Crippen LogP contribution in [0.2, 0.25) is 0 Å². The predicted molar refractivity (Wildman–Crippen MR) is 118 cm³/mol. The Morgan fingerprint density at radius 2 is 2.11 bits per heavy atom. The quantitative estimate of drug-likeness (QED) is 0.668. The fourth-order valence-corrected chi connectivity index (χ4v) is 4.44. The maximum absolute atomic E-state index is 14.7. The van der Waals surface area contributed by atoms with Crippen molar-refractivity contribution in [2.75, 3.05) is 19.8 Å². The smallest absolute Gasteiger partial charge is 0.379 e. The van der Waals surface area contributed by atoms with Gasteiger partial charge in [-0.25, -0.2) is 9.40 Å². The van der Waals surface area contributed by atoms with E-state index in [4.69, 9.17) is 9.73 Å². The summed E-state index contributed by atoms with van der Waals surface area (Å²) < 4.78 is 61.2. The maximum atomic E-state index is 14.7. The van der Waals surface area contributed by atoms with Crippen molar-refractivity contribution >= 4 is 17.5 Å². The molecule has 1 fully saturated rings. The van der Waals surface area contributed by atoms with Crippen LogP contribution in [0, 0.1) is 5.82 Å². The van der Waals surface area contributed by atoms with Gasteiger partial charge in [-0.05, 0) is 19.1 Å². The third-order valence-corrected chi connectivity index (χ3v) is 6.26. The number of benzene rings is 1. The van der Waals surface area contributed by atoms with Crippen molar-refractivity contribution in [1.82, 2.24) is 20.1 Å². The summed E-state index contributed by atoms with van der Waals surface area (Å²) in [5.41, 5.74) is -0.832. The zero-order chi connectivity index (χ0) is 25.0. The topological polar surface area (TPSA) is 84.1 Å². The minimum atomic E-state index is -4.85. The monoisotopic (exact) mass is 490 g/mol. The number of amides is 1. The molecule has 1 aromatic carbocycles. The summed E-state index contributed by atoms with van der Waals surface area (Å²) in [6.45, 7) is 2.79. The lowest BCUT2D eigenvalue weighted by Gasteiger charge is -2.24. The van der Waals surface area contributed by atoms with Crippen LogP contribution in [0.3, 0.4) is 0 Å². The molecule has 2 aromatic rings. The number of ether oxygens (including phenoxy) is 1. The van der Waals surface area contributed by atoms with E-state index in [0.29, 0.717) is 49.4 Å². The van der Waals surface area contributed by atoms with Crippen LogP contribution in [0.25, 0.3) is 0 Å². The third-order valence-electron chi connectivity index (χ3n) is 6.26. The number of carbonyl (C=O) groups is 1. The van der Waals surface area contributed by atoms with Gasteiger partial charge in [0, 0.05) is 37.4 Å². The summed E-state index contributed by atoms with van der Waals surface area (Å²) >= 11 is 0. The Kier molecular flexibility index (Phi) is 5.50. The van der Waals surface area contributed by atoms with Gasteiger partial charge < -0.3 is 10.1 Å². The fraction of sp³-hybridized carbons (Fsp3) is 0.391. The molecule has 1 amide bonds. The number of hydrazone groups is 1. The summed E-state index contributed by atoms with van der Waals surface area (Å²) in [4.78, 5) is 18.1. The number of alkyl halides is 3. The van der Waals surface area contributed by atoms with Gasteiger partial charge in [0.25, 0.3) is 5.91 Å². The van der Waals surface area contributed by atoms with Crippen molar-refractivity contribution in [2.45, 2.75) is 31.1 Å². The number of rotatable bonds is 4. The summed E-state index contributed by atoms with van der Waals surface area (Å²) in [5, 5.41) is 13.1. The molecule has 3 aliphatic rings. The van der Waals surface area contributed by atoms with Gasteiger partial charge >= 0.3 is 6.18 Å². The van der Waals surface area contributed by atoms with Crippen LogP contribution in [0.4, 0.5) is 17.6 Å². The lowest BCUT2D eigenvalue weighted by atomic mass is 10.0. The Morgan fingerprint density at radius 3 is 2.77 bits per heavy atom. The first-order valence-corrected chi connectivity index (χ1v) is 11.0. The number of aryl methyl sites for hydroxylation is 1. The van der Waals surface area contributed by atoms with Gasteiger partial charge in [-0.15, -0.1) is 0 Å². The largest absolute Gasteiger partial charge is 0.419 e. The zero-order valence-corrected chi connectivity index (χ0v) is 18.9. The lowest BCUT2D eigenvalue weighted by Crippen LogP contribution is -2.39. The van der Waals surface area contributed by atoms with Crippen molar-refractivity contribution in [3.63, 3.8) is 0 Å². The first kappa shape index (κ1) is 23.2. The number of aliphatic imine (C=N–C) groups is 1. The highest BCUT2D eigenvalue weighted by Gasteiger charge is 2.46.